The summed E-state index contributed by atoms with van der Waals surface area (Å²) < 4.78 is 24.8. The van der Waals surface area contributed by atoms with Gasteiger partial charge >= 0.3 is 0 Å². The van der Waals surface area contributed by atoms with Crippen molar-refractivity contribution in [3.63, 3.8) is 0 Å². The normalized spacial score (nSPS) is 11.9. The maximum Gasteiger partial charge on any atom is 0.222 e. The molecule has 0 amide bonds. The summed E-state index contributed by atoms with van der Waals surface area (Å²) in [6, 6.07) is 7.50. The van der Waals surface area contributed by atoms with Gasteiger partial charge in [0.15, 0.2) is 0 Å². The van der Waals surface area contributed by atoms with Gasteiger partial charge in [-0.15, -0.1) is 0 Å². The molecule has 0 aliphatic heterocycles. The SMILES string of the molecule is CC(C)c1cc(O)ccc1S(=O)(=O)c1ccc[nH]1. The fraction of sp³-hybridized carbons (Fsp3) is 0.231. The third-order valence-corrected chi connectivity index (χ3v) is 4.55. The molecule has 18 heavy (non-hydrogen) atoms. The molecule has 0 atom stereocenters. The first-order valence-electron chi connectivity index (χ1n) is 5.64. The topological polar surface area (TPSA) is 70.2 Å². The molecule has 2 rings (SSSR count). The summed E-state index contributed by atoms with van der Waals surface area (Å²) in [5, 5.41) is 9.64. The molecule has 0 saturated carbocycles. The molecule has 1 aromatic carbocycles. The molecule has 4 nitrogen and oxygen atoms in total. The van der Waals surface area contributed by atoms with Crippen molar-refractivity contribution in [2.24, 2.45) is 0 Å². The molecule has 2 aromatic rings. The van der Waals surface area contributed by atoms with Crippen LogP contribution in [0.2, 0.25) is 0 Å². The number of sulfone groups is 1. The van der Waals surface area contributed by atoms with Gasteiger partial charge in [0, 0.05) is 6.20 Å². The van der Waals surface area contributed by atoms with Crippen LogP contribution in [0.4, 0.5) is 0 Å². The Morgan fingerprint density at radius 1 is 1.22 bits per heavy atom. The first-order valence-corrected chi connectivity index (χ1v) is 7.12. The summed E-state index contributed by atoms with van der Waals surface area (Å²) in [5.41, 5.74) is 0.615. The number of nitrogens with one attached hydrogen (secondary N) is 1. The number of phenols is 1. The van der Waals surface area contributed by atoms with Crippen molar-refractivity contribution in [2.45, 2.75) is 29.7 Å². The van der Waals surface area contributed by atoms with Crippen molar-refractivity contribution in [3.8, 4) is 5.75 Å². The molecular formula is C13H15NO3S. The summed E-state index contributed by atoms with van der Waals surface area (Å²) >= 11 is 0. The largest absolute Gasteiger partial charge is 0.508 e. The highest BCUT2D eigenvalue weighted by Gasteiger charge is 2.23. The molecule has 0 fully saturated rings. The maximum atomic E-state index is 12.4. The van der Waals surface area contributed by atoms with Crippen LogP contribution in [-0.2, 0) is 9.84 Å². The molecule has 1 aromatic heterocycles. The number of hydrogen-bond donors (Lipinski definition) is 2. The van der Waals surface area contributed by atoms with Crippen molar-refractivity contribution in [1.29, 1.82) is 0 Å². The van der Waals surface area contributed by atoms with Crippen LogP contribution >= 0.6 is 0 Å². The van der Waals surface area contributed by atoms with Gasteiger partial charge in [0.25, 0.3) is 0 Å². The van der Waals surface area contributed by atoms with Crippen LogP contribution in [0.1, 0.15) is 25.3 Å². The lowest BCUT2D eigenvalue weighted by atomic mass is 10.0. The third kappa shape index (κ3) is 2.13. The lowest BCUT2D eigenvalue weighted by Crippen LogP contribution is -2.07. The van der Waals surface area contributed by atoms with E-state index in [1.54, 1.807) is 12.3 Å². The molecular weight excluding hydrogens is 250 g/mol. The van der Waals surface area contributed by atoms with Crippen LogP contribution in [0.25, 0.3) is 0 Å². The number of rotatable bonds is 3. The molecule has 1 heterocycles. The van der Waals surface area contributed by atoms with E-state index >= 15 is 0 Å². The predicted molar refractivity (Wildman–Crippen MR) is 68.4 cm³/mol. The Morgan fingerprint density at radius 2 is 1.94 bits per heavy atom. The standard InChI is InChI=1S/C13H15NO3S/c1-9(2)11-8-10(15)5-6-12(11)18(16,17)13-4-3-7-14-13/h3-9,14-15H,1-2H3. The van der Waals surface area contributed by atoms with Crippen LogP contribution in [0, 0.1) is 0 Å². The highest BCUT2D eigenvalue weighted by Crippen LogP contribution is 2.30. The molecule has 0 aliphatic carbocycles. The van der Waals surface area contributed by atoms with Gasteiger partial charge in [-0.05, 0) is 41.8 Å². The Morgan fingerprint density at radius 3 is 2.50 bits per heavy atom. The number of aromatic amines is 1. The summed E-state index contributed by atoms with van der Waals surface area (Å²) in [5.74, 6) is 0.0842. The van der Waals surface area contributed by atoms with Crippen molar-refractivity contribution < 1.29 is 13.5 Å². The summed E-state index contributed by atoms with van der Waals surface area (Å²) in [6.07, 6.45) is 1.57. The van der Waals surface area contributed by atoms with Gasteiger partial charge in [0.05, 0.1) is 4.90 Å². The molecule has 0 saturated heterocycles. The van der Waals surface area contributed by atoms with Crippen LogP contribution < -0.4 is 0 Å². The average molecular weight is 265 g/mol. The molecule has 0 bridgehead atoms. The van der Waals surface area contributed by atoms with E-state index in [2.05, 4.69) is 4.98 Å². The lowest BCUT2D eigenvalue weighted by molar-refractivity contribution is 0.473. The van der Waals surface area contributed by atoms with E-state index in [-0.39, 0.29) is 21.6 Å². The number of aromatic hydroxyl groups is 1. The minimum atomic E-state index is -3.55. The first-order chi connectivity index (χ1) is 8.43. The molecule has 96 valence electrons. The second-order valence-electron chi connectivity index (χ2n) is 4.41. The van der Waals surface area contributed by atoms with Gasteiger partial charge < -0.3 is 10.1 Å². The maximum absolute atomic E-state index is 12.4. The first kappa shape index (κ1) is 12.7. The summed E-state index contributed by atoms with van der Waals surface area (Å²) in [6.45, 7) is 3.78. The van der Waals surface area contributed by atoms with Crippen molar-refractivity contribution >= 4 is 9.84 Å². The van der Waals surface area contributed by atoms with E-state index in [1.165, 1.54) is 24.3 Å². The van der Waals surface area contributed by atoms with E-state index in [4.69, 9.17) is 0 Å². The summed E-state index contributed by atoms with van der Waals surface area (Å²) in [7, 11) is -3.55. The smallest absolute Gasteiger partial charge is 0.222 e. The number of hydrogen-bond acceptors (Lipinski definition) is 3. The van der Waals surface area contributed by atoms with Gasteiger partial charge in [0.1, 0.15) is 10.8 Å². The Kier molecular flexibility index (Phi) is 3.17. The van der Waals surface area contributed by atoms with Crippen molar-refractivity contribution in [1.82, 2.24) is 4.98 Å². The molecule has 0 unspecified atom stereocenters. The van der Waals surface area contributed by atoms with Gasteiger partial charge in [-0.2, -0.15) is 0 Å². The number of phenolic OH excluding ortho intramolecular Hbond substituents is 1. The fourth-order valence-corrected chi connectivity index (χ4v) is 3.40. The Bertz CT molecular complexity index is 643. The second kappa shape index (κ2) is 4.49. The zero-order chi connectivity index (χ0) is 13.3. The minimum absolute atomic E-state index is 0.0110. The van der Waals surface area contributed by atoms with Gasteiger partial charge in [-0.3, -0.25) is 0 Å². The number of benzene rings is 1. The lowest BCUT2D eigenvalue weighted by Gasteiger charge is -2.13. The van der Waals surface area contributed by atoms with Gasteiger partial charge in [-0.25, -0.2) is 8.42 Å². The zero-order valence-electron chi connectivity index (χ0n) is 10.2. The zero-order valence-corrected chi connectivity index (χ0v) is 11.0. The van der Waals surface area contributed by atoms with E-state index in [9.17, 15) is 13.5 Å². The molecule has 5 heteroatoms. The molecule has 2 N–H and O–H groups in total. The predicted octanol–water partition coefficient (Wildman–Crippen LogP) is 2.68. The van der Waals surface area contributed by atoms with E-state index in [1.807, 2.05) is 13.8 Å². The average Bonchev–Trinajstić information content (AvgIpc) is 2.82. The molecule has 0 aliphatic rings. The van der Waals surface area contributed by atoms with Crippen molar-refractivity contribution in [3.05, 3.63) is 42.1 Å². The van der Waals surface area contributed by atoms with Crippen LogP contribution in [0.3, 0.4) is 0 Å². The van der Waals surface area contributed by atoms with Gasteiger partial charge in [-0.1, -0.05) is 13.8 Å². The van der Waals surface area contributed by atoms with E-state index in [0.29, 0.717) is 5.56 Å². The number of aromatic nitrogens is 1. The van der Waals surface area contributed by atoms with Crippen LogP contribution in [-0.4, -0.2) is 18.5 Å². The van der Waals surface area contributed by atoms with Crippen LogP contribution in [0.15, 0.2) is 46.5 Å². The summed E-state index contributed by atoms with van der Waals surface area (Å²) in [4.78, 5) is 2.94. The Balaban J connectivity index is 2.65. The highest BCUT2D eigenvalue weighted by atomic mass is 32.2. The van der Waals surface area contributed by atoms with Crippen LogP contribution in [0.5, 0.6) is 5.75 Å². The highest BCUT2D eigenvalue weighted by molar-refractivity contribution is 7.91. The molecule has 0 spiro atoms. The minimum Gasteiger partial charge on any atom is -0.508 e. The van der Waals surface area contributed by atoms with Gasteiger partial charge in [0.2, 0.25) is 9.84 Å². The Labute approximate surface area is 106 Å². The van der Waals surface area contributed by atoms with Crippen molar-refractivity contribution in [2.75, 3.05) is 0 Å². The third-order valence-electron chi connectivity index (χ3n) is 2.76. The number of H-pyrrole nitrogens is 1. The fourth-order valence-electron chi connectivity index (χ4n) is 1.83. The molecule has 0 radical (unpaired) electrons. The second-order valence-corrected chi connectivity index (χ2v) is 6.30. The Hall–Kier alpha value is -1.75. The monoisotopic (exact) mass is 265 g/mol. The van der Waals surface area contributed by atoms with E-state index < -0.39 is 9.84 Å². The van der Waals surface area contributed by atoms with E-state index in [0.717, 1.165) is 0 Å². The quantitative estimate of drug-likeness (QED) is 0.896.